The van der Waals surface area contributed by atoms with Gasteiger partial charge in [0.15, 0.2) is 6.29 Å². The molecule has 0 heterocycles. The number of allylic oxidation sites excluding steroid dienone is 1. The molecule has 2 aliphatic carbocycles. The van der Waals surface area contributed by atoms with Crippen LogP contribution in [-0.4, -0.2) is 20.5 Å². The molecule has 0 aliphatic heterocycles. The van der Waals surface area contributed by atoms with Crippen molar-refractivity contribution in [1.29, 1.82) is 0 Å². The van der Waals surface area contributed by atoms with E-state index < -0.39 is 0 Å². The van der Waals surface area contributed by atoms with Gasteiger partial charge in [-0.2, -0.15) is 0 Å². The Morgan fingerprint density at radius 1 is 1.19 bits per heavy atom. The average molecular weight is 224 g/mol. The molecule has 0 aromatic heterocycles. The number of hydrogen-bond donors (Lipinski definition) is 0. The molecule has 2 saturated carbocycles. The van der Waals surface area contributed by atoms with Crippen molar-refractivity contribution in [2.45, 2.75) is 44.8 Å². The summed E-state index contributed by atoms with van der Waals surface area (Å²) in [6.07, 6.45) is 9.92. The maximum Gasteiger partial charge on any atom is 0.163 e. The van der Waals surface area contributed by atoms with Gasteiger partial charge in [0.25, 0.3) is 0 Å². The van der Waals surface area contributed by atoms with E-state index in [0.29, 0.717) is 5.92 Å². The standard InChI is InChI=1S/C14H24O2/c1-4-11-8-9-12-7-5-6-10-14(11,12)13(15-2)16-3/h4,11-13H,1,5-10H2,2-3H3/t11-,12+,14+/m0/s1. The van der Waals surface area contributed by atoms with E-state index in [1.807, 2.05) is 0 Å². The molecule has 2 rings (SSSR count). The van der Waals surface area contributed by atoms with Crippen LogP contribution in [0.3, 0.4) is 0 Å². The van der Waals surface area contributed by atoms with E-state index in [0.717, 1.165) is 5.92 Å². The highest BCUT2D eigenvalue weighted by atomic mass is 16.7. The van der Waals surface area contributed by atoms with Crippen LogP contribution in [0.1, 0.15) is 38.5 Å². The molecule has 0 amide bonds. The molecule has 0 saturated heterocycles. The van der Waals surface area contributed by atoms with Crippen LogP contribution < -0.4 is 0 Å². The molecule has 0 radical (unpaired) electrons. The lowest BCUT2D eigenvalue weighted by molar-refractivity contribution is -0.208. The zero-order valence-electron chi connectivity index (χ0n) is 10.6. The van der Waals surface area contributed by atoms with E-state index in [9.17, 15) is 0 Å². The van der Waals surface area contributed by atoms with Crippen LogP contribution >= 0.6 is 0 Å². The molecule has 3 atom stereocenters. The first-order chi connectivity index (χ1) is 7.79. The Hall–Kier alpha value is -0.340. The van der Waals surface area contributed by atoms with Crippen molar-refractivity contribution in [3.8, 4) is 0 Å². The summed E-state index contributed by atoms with van der Waals surface area (Å²) in [7, 11) is 3.54. The molecular formula is C14H24O2. The van der Waals surface area contributed by atoms with Gasteiger partial charge in [0.2, 0.25) is 0 Å². The first-order valence-corrected chi connectivity index (χ1v) is 6.47. The second-order valence-electron chi connectivity index (χ2n) is 5.28. The minimum absolute atomic E-state index is 0.0525. The van der Waals surface area contributed by atoms with Crippen molar-refractivity contribution in [2.75, 3.05) is 14.2 Å². The van der Waals surface area contributed by atoms with Gasteiger partial charge in [0.05, 0.1) is 0 Å². The Kier molecular flexibility index (Phi) is 3.70. The Labute approximate surface area is 99.0 Å². The van der Waals surface area contributed by atoms with Crippen LogP contribution in [0.4, 0.5) is 0 Å². The van der Waals surface area contributed by atoms with Gasteiger partial charge in [-0.15, -0.1) is 6.58 Å². The molecule has 2 aliphatic rings. The molecule has 0 unspecified atom stereocenters. The SMILES string of the molecule is C=C[C@H]1CC[C@H]2CCCC[C@]21C(OC)OC. The van der Waals surface area contributed by atoms with E-state index in [4.69, 9.17) is 9.47 Å². The van der Waals surface area contributed by atoms with Gasteiger partial charge >= 0.3 is 0 Å². The highest BCUT2D eigenvalue weighted by molar-refractivity contribution is 5.07. The maximum atomic E-state index is 5.61. The molecule has 0 aromatic rings. The third-order valence-corrected chi connectivity index (χ3v) is 4.84. The number of fused-ring (bicyclic) bond motifs is 1. The lowest BCUT2D eigenvalue weighted by Crippen LogP contribution is -2.46. The van der Waals surface area contributed by atoms with Crippen LogP contribution in [0.2, 0.25) is 0 Å². The predicted molar refractivity (Wildman–Crippen MR) is 65.1 cm³/mol. The maximum absolute atomic E-state index is 5.61. The molecule has 0 N–H and O–H groups in total. The largest absolute Gasteiger partial charge is 0.355 e. The van der Waals surface area contributed by atoms with Crippen molar-refractivity contribution < 1.29 is 9.47 Å². The summed E-state index contributed by atoms with van der Waals surface area (Å²) in [5.74, 6) is 1.34. The Bertz CT molecular complexity index is 247. The van der Waals surface area contributed by atoms with Crippen LogP contribution in [0.15, 0.2) is 12.7 Å². The molecule has 16 heavy (non-hydrogen) atoms. The molecule has 2 heteroatoms. The van der Waals surface area contributed by atoms with E-state index in [1.54, 1.807) is 14.2 Å². The fourth-order valence-electron chi connectivity index (χ4n) is 4.20. The van der Waals surface area contributed by atoms with Gasteiger partial charge in [0.1, 0.15) is 0 Å². The fourth-order valence-corrected chi connectivity index (χ4v) is 4.20. The summed E-state index contributed by atoms with van der Waals surface area (Å²) in [6, 6.07) is 0. The average Bonchev–Trinajstić information content (AvgIpc) is 2.70. The third-order valence-electron chi connectivity index (χ3n) is 4.84. The Balaban J connectivity index is 2.30. The van der Waals surface area contributed by atoms with Gasteiger partial charge < -0.3 is 9.47 Å². The molecule has 0 spiro atoms. The van der Waals surface area contributed by atoms with Crippen LogP contribution in [0.25, 0.3) is 0 Å². The van der Waals surface area contributed by atoms with Crippen molar-refractivity contribution >= 4 is 0 Å². The molecule has 92 valence electrons. The smallest absolute Gasteiger partial charge is 0.163 e. The van der Waals surface area contributed by atoms with Crippen molar-refractivity contribution in [3.05, 3.63) is 12.7 Å². The Morgan fingerprint density at radius 3 is 2.56 bits per heavy atom. The lowest BCUT2D eigenvalue weighted by Gasteiger charge is -2.46. The van der Waals surface area contributed by atoms with Crippen LogP contribution in [-0.2, 0) is 9.47 Å². The summed E-state index contributed by atoms with van der Waals surface area (Å²) in [5.41, 5.74) is 0.212. The summed E-state index contributed by atoms with van der Waals surface area (Å²) >= 11 is 0. The molecule has 0 bridgehead atoms. The quantitative estimate of drug-likeness (QED) is 0.538. The number of hydrogen-bond acceptors (Lipinski definition) is 2. The van der Waals surface area contributed by atoms with E-state index in [2.05, 4.69) is 12.7 Å². The first kappa shape index (κ1) is 12.1. The predicted octanol–water partition coefficient (Wildman–Crippen LogP) is 3.38. The van der Waals surface area contributed by atoms with E-state index in [1.165, 1.54) is 38.5 Å². The second-order valence-corrected chi connectivity index (χ2v) is 5.28. The van der Waals surface area contributed by atoms with E-state index in [-0.39, 0.29) is 11.7 Å². The fraction of sp³-hybridized carbons (Fsp3) is 0.857. The second kappa shape index (κ2) is 4.89. The molecule has 2 fully saturated rings. The van der Waals surface area contributed by atoms with Crippen LogP contribution in [0, 0.1) is 17.3 Å². The summed E-state index contributed by atoms with van der Waals surface area (Å²) < 4.78 is 11.2. The summed E-state index contributed by atoms with van der Waals surface area (Å²) in [6.45, 7) is 4.02. The van der Waals surface area contributed by atoms with Gasteiger partial charge in [-0.3, -0.25) is 0 Å². The monoisotopic (exact) mass is 224 g/mol. The highest BCUT2D eigenvalue weighted by Crippen LogP contribution is 2.58. The van der Waals surface area contributed by atoms with Gasteiger partial charge in [0, 0.05) is 19.6 Å². The summed E-state index contributed by atoms with van der Waals surface area (Å²) in [4.78, 5) is 0. The summed E-state index contributed by atoms with van der Waals surface area (Å²) in [5, 5.41) is 0. The Morgan fingerprint density at radius 2 is 1.94 bits per heavy atom. The topological polar surface area (TPSA) is 18.5 Å². The van der Waals surface area contributed by atoms with Crippen molar-refractivity contribution in [3.63, 3.8) is 0 Å². The lowest BCUT2D eigenvalue weighted by atomic mass is 9.63. The van der Waals surface area contributed by atoms with E-state index >= 15 is 0 Å². The molecule has 2 nitrogen and oxygen atoms in total. The van der Waals surface area contributed by atoms with Gasteiger partial charge in [-0.05, 0) is 37.5 Å². The number of rotatable bonds is 4. The van der Waals surface area contributed by atoms with Gasteiger partial charge in [-0.25, -0.2) is 0 Å². The minimum Gasteiger partial charge on any atom is -0.355 e. The van der Waals surface area contributed by atoms with Crippen molar-refractivity contribution in [1.82, 2.24) is 0 Å². The van der Waals surface area contributed by atoms with Crippen molar-refractivity contribution in [2.24, 2.45) is 17.3 Å². The zero-order valence-corrected chi connectivity index (χ0v) is 10.6. The molecule has 0 aromatic carbocycles. The van der Waals surface area contributed by atoms with Gasteiger partial charge in [-0.1, -0.05) is 18.9 Å². The first-order valence-electron chi connectivity index (χ1n) is 6.47. The third kappa shape index (κ3) is 1.63. The minimum atomic E-state index is -0.0525. The zero-order chi connectivity index (χ0) is 11.6. The molecular weight excluding hydrogens is 200 g/mol. The normalized spacial score (nSPS) is 38.7. The van der Waals surface area contributed by atoms with Crippen LogP contribution in [0.5, 0.6) is 0 Å². The number of methoxy groups -OCH3 is 2. The highest BCUT2D eigenvalue weighted by Gasteiger charge is 2.55. The number of ether oxygens (including phenoxy) is 2.